The zero-order valence-electron chi connectivity index (χ0n) is 8.80. The molecule has 1 heterocycles. The highest BCUT2D eigenvalue weighted by molar-refractivity contribution is 5.48. The molecule has 0 bridgehead atoms. The molecule has 0 aromatic heterocycles. The topological polar surface area (TPSA) is 29.5 Å². The molecule has 0 radical (unpaired) electrons. The Morgan fingerprint density at radius 1 is 1.40 bits per heavy atom. The van der Waals surface area contributed by atoms with Crippen molar-refractivity contribution in [2.45, 2.75) is 19.1 Å². The normalized spacial score (nSPS) is 26.3. The van der Waals surface area contributed by atoms with E-state index in [0.717, 1.165) is 12.0 Å². The van der Waals surface area contributed by atoms with Gasteiger partial charge < -0.3 is 9.64 Å². The van der Waals surface area contributed by atoms with Gasteiger partial charge in [0.1, 0.15) is 6.10 Å². The first kappa shape index (κ1) is 10.2. The van der Waals surface area contributed by atoms with Crippen molar-refractivity contribution in [3.8, 4) is 0 Å². The van der Waals surface area contributed by atoms with Gasteiger partial charge in [-0.15, -0.1) is 0 Å². The van der Waals surface area contributed by atoms with Crippen LogP contribution < -0.4 is 0 Å². The van der Waals surface area contributed by atoms with Crippen molar-refractivity contribution in [1.82, 2.24) is 4.90 Å². The van der Waals surface area contributed by atoms with Gasteiger partial charge in [-0.2, -0.15) is 0 Å². The highest BCUT2D eigenvalue weighted by Gasteiger charge is 2.28. The van der Waals surface area contributed by atoms with Crippen LogP contribution in [0.15, 0.2) is 30.3 Å². The number of carbonyl (C=O) groups excluding carboxylic acids is 1. The van der Waals surface area contributed by atoms with Gasteiger partial charge in [0, 0.05) is 6.54 Å². The Morgan fingerprint density at radius 2 is 2.13 bits per heavy atom. The number of hydrogen-bond donors (Lipinski definition) is 0. The highest BCUT2D eigenvalue weighted by Crippen LogP contribution is 2.27. The van der Waals surface area contributed by atoms with Crippen LogP contribution in [0.4, 0.5) is 0 Å². The maximum Gasteiger partial charge on any atom is 0.210 e. The van der Waals surface area contributed by atoms with E-state index < -0.39 is 0 Å². The summed E-state index contributed by atoms with van der Waals surface area (Å²) in [4.78, 5) is 12.6. The Kier molecular flexibility index (Phi) is 3.02. The van der Waals surface area contributed by atoms with E-state index in [2.05, 4.69) is 0 Å². The van der Waals surface area contributed by atoms with E-state index in [1.165, 1.54) is 0 Å². The summed E-state index contributed by atoms with van der Waals surface area (Å²) in [6.45, 7) is 3.32. The van der Waals surface area contributed by atoms with Crippen LogP contribution in [0.3, 0.4) is 0 Å². The van der Waals surface area contributed by atoms with E-state index in [4.69, 9.17) is 4.74 Å². The summed E-state index contributed by atoms with van der Waals surface area (Å²) < 4.78 is 5.71. The van der Waals surface area contributed by atoms with Gasteiger partial charge >= 0.3 is 0 Å². The Morgan fingerprint density at radius 3 is 2.80 bits per heavy atom. The minimum absolute atomic E-state index is 0.00477. The molecule has 3 heteroatoms. The van der Waals surface area contributed by atoms with Crippen molar-refractivity contribution in [2.75, 3.05) is 13.2 Å². The molecule has 1 saturated heterocycles. The van der Waals surface area contributed by atoms with E-state index in [1.807, 2.05) is 37.3 Å². The van der Waals surface area contributed by atoms with Crippen LogP contribution in [0.1, 0.15) is 18.6 Å². The highest BCUT2D eigenvalue weighted by atomic mass is 16.5. The van der Waals surface area contributed by atoms with E-state index in [-0.39, 0.29) is 12.1 Å². The molecule has 0 aliphatic carbocycles. The van der Waals surface area contributed by atoms with Gasteiger partial charge in [0.05, 0.1) is 12.6 Å². The number of nitrogens with zero attached hydrogens (tertiary/aromatic N) is 1. The lowest BCUT2D eigenvalue weighted by molar-refractivity contribution is -0.132. The fraction of sp³-hybridized carbons (Fsp3) is 0.417. The third-order valence-corrected chi connectivity index (χ3v) is 2.87. The molecule has 0 spiro atoms. The van der Waals surface area contributed by atoms with Crippen LogP contribution in [0, 0.1) is 0 Å². The molecule has 1 fully saturated rings. The number of ether oxygens (including phenoxy) is 1. The van der Waals surface area contributed by atoms with Crippen molar-refractivity contribution in [1.29, 1.82) is 0 Å². The lowest BCUT2D eigenvalue weighted by Crippen LogP contribution is -2.44. The van der Waals surface area contributed by atoms with E-state index in [1.54, 1.807) is 4.90 Å². The van der Waals surface area contributed by atoms with Crippen LogP contribution in [0.25, 0.3) is 0 Å². The van der Waals surface area contributed by atoms with E-state index in [0.29, 0.717) is 13.2 Å². The third kappa shape index (κ3) is 2.02. The number of hydrogen-bond acceptors (Lipinski definition) is 2. The molecule has 1 aliphatic rings. The monoisotopic (exact) mass is 205 g/mol. The molecule has 1 aromatic rings. The first-order chi connectivity index (χ1) is 7.33. The van der Waals surface area contributed by atoms with E-state index in [9.17, 15) is 4.79 Å². The maximum absolute atomic E-state index is 10.8. The smallest absolute Gasteiger partial charge is 0.210 e. The minimum atomic E-state index is 0.00477. The summed E-state index contributed by atoms with van der Waals surface area (Å²) in [6, 6.07) is 10.1. The molecule has 1 aromatic carbocycles. The molecule has 1 amide bonds. The molecule has 80 valence electrons. The first-order valence-electron chi connectivity index (χ1n) is 5.20. The van der Waals surface area contributed by atoms with Crippen molar-refractivity contribution in [3.05, 3.63) is 35.9 Å². The molecule has 15 heavy (non-hydrogen) atoms. The molecule has 2 rings (SSSR count). The SMILES string of the molecule is CC1C(c2ccccc2)OCCN1C=O. The molecule has 0 N–H and O–H groups in total. The molecule has 0 saturated carbocycles. The zero-order chi connectivity index (χ0) is 10.7. The summed E-state index contributed by atoms with van der Waals surface area (Å²) in [6.07, 6.45) is 0.911. The summed E-state index contributed by atoms with van der Waals surface area (Å²) in [7, 11) is 0. The Bertz CT molecular complexity index is 326. The Balaban J connectivity index is 2.18. The summed E-state index contributed by atoms with van der Waals surface area (Å²) in [5.74, 6) is 0. The maximum atomic E-state index is 10.8. The molecule has 2 atom stereocenters. The quantitative estimate of drug-likeness (QED) is 0.686. The number of rotatable bonds is 2. The average Bonchev–Trinajstić information content (AvgIpc) is 2.30. The largest absolute Gasteiger partial charge is 0.370 e. The second-order valence-electron chi connectivity index (χ2n) is 3.79. The minimum Gasteiger partial charge on any atom is -0.370 e. The van der Waals surface area contributed by atoms with Gasteiger partial charge in [-0.25, -0.2) is 0 Å². The van der Waals surface area contributed by atoms with Gasteiger partial charge in [0.2, 0.25) is 6.41 Å². The predicted molar refractivity (Wildman–Crippen MR) is 57.4 cm³/mol. The summed E-state index contributed by atoms with van der Waals surface area (Å²) in [5, 5.41) is 0. The van der Waals surface area contributed by atoms with Crippen LogP contribution in [-0.2, 0) is 9.53 Å². The summed E-state index contributed by atoms with van der Waals surface area (Å²) in [5.41, 5.74) is 1.14. The van der Waals surface area contributed by atoms with Crippen molar-refractivity contribution in [2.24, 2.45) is 0 Å². The fourth-order valence-electron chi connectivity index (χ4n) is 1.97. The number of carbonyl (C=O) groups is 1. The second-order valence-corrected chi connectivity index (χ2v) is 3.79. The molecule has 1 aliphatic heterocycles. The van der Waals surface area contributed by atoms with Crippen molar-refractivity contribution in [3.63, 3.8) is 0 Å². The Hall–Kier alpha value is -1.35. The predicted octanol–water partition coefficient (Wildman–Crippen LogP) is 1.60. The van der Waals surface area contributed by atoms with Crippen LogP contribution in [0.5, 0.6) is 0 Å². The first-order valence-corrected chi connectivity index (χ1v) is 5.20. The van der Waals surface area contributed by atoms with Gasteiger partial charge in [0.15, 0.2) is 0 Å². The van der Waals surface area contributed by atoms with Gasteiger partial charge in [-0.05, 0) is 12.5 Å². The molecule has 3 nitrogen and oxygen atoms in total. The van der Waals surface area contributed by atoms with Crippen molar-refractivity contribution >= 4 is 6.41 Å². The average molecular weight is 205 g/mol. The number of amides is 1. The lowest BCUT2D eigenvalue weighted by Gasteiger charge is -2.37. The third-order valence-electron chi connectivity index (χ3n) is 2.87. The lowest BCUT2D eigenvalue weighted by atomic mass is 10.0. The van der Waals surface area contributed by atoms with Gasteiger partial charge in [0.25, 0.3) is 0 Å². The number of morpholine rings is 1. The molecular formula is C12H15NO2. The molecular weight excluding hydrogens is 190 g/mol. The van der Waals surface area contributed by atoms with Gasteiger partial charge in [-0.1, -0.05) is 30.3 Å². The second kappa shape index (κ2) is 4.45. The summed E-state index contributed by atoms with van der Waals surface area (Å²) >= 11 is 0. The molecule has 2 unspecified atom stereocenters. The zero-order valence-corrected chi connectivity index (χ0v) is 8.80. The van der Waals surface area contributed by atoms with Crippen molar-refractivity contribution < 1.29 is 9.53 Å². The van der Waals surface area contributed by atoms with Crippen LogP contribution in [-0.4, -0.2) is 30.5 Å². The van der Waals surface area contributed by atoms with Gasteiger partial charge in [-0.3, -0.25) is 4.79 Å². The van der Waals surface area contributed by atoms with Crippen LogP contribution >= 0.6 is 0 Å². The standard InChI is InChI=1S/C12H15NO2/c1-10-12(11-5-3-2-4-6-11)15-8-7-13(10)9-14/h2-6,9-10,12H,7-8H2,1H3. The van der Waals surface area contributed by atoms with Crippen LogP contribution in [0.2, 0.25) is 0 Å². The Labute approximate surface area is 89.7 Å². The van der Waals surface area contributed by atoms with E-state index >= 15 is 0 Å². The number of benzene rings is 1. The fourth-order valence-corrected chi connectivity index (χ4v) is 1.97.